The van der Waals surface area contributed by atoms with E-state index in [0.29, 0.717) is 5.89 Å². The summed E-state index contributed by atoms with van der Waals surface area (Å²) in [6.07, 6.45) is 0. The van der Waals surface area contributed by atoms with Gasteiger partial charge in [-0.2, -0.15) is 0 Å². The number of rotatable bonds is 7. The molecule has 0 fully saturated rings. The lowest BCUT2D eigenvalue weighted by atomic mass is 9.99. The van der Waals surface area contributed by atoms with Crippen molar-refractivity contribution in [2.45, 2.75) is 0 Å². The maximum absolute atomic E-state index is 6.18. The van der Waals surface area contributed by atoms with Gasteiger partial charge in [0.2, 0.25) is 5.89 Å². The lowest BCUT2D eigenvalue weighted by molar-refractivity contribution is 0.620. The SMILES string of the molecule is c1ccc2oc(-c3ccc(N(c4ccc(-c5ccc(-c6ccc7c(c6)oc6ccccc67)cc5)cc4)c4ccc(-c5nc6ccccc6o5)cc4)cc3)cc2c1. The number of para-hydroxylation sites is 4. The van der Waals surface area contributed by atoms with E-state index in [1.807, 2.05) is 54.6 Å². The van der Waals surface area contributed by atoms with E-state index < -0.39 is 0 Å². The van der Waals surface area contributed by atoms with Crippen LogP contribution in [-0.2, 0) is 0 Å². The van der Waals surface area contributed by atoms with E-state index in [1.54, 1.807) is 0 Å². The number of anilines is 3. The van der Waals surface area contributed by atoms with Gasteiger partial charge >= 0.3 is 0 Å². The van der Waals surface area contributed by atoms with Crippen molar-refractivity contribution in [2.24, 2.45) is 0 Å². The first kappa shape index (κ1) is 31.9. The van der Waals surface area contributed by atoms with Crippen LogP contribution >= 0.6 is 0 Å². The van der Waals surface area contributed by atoms with Gasteiger partial charge in [0, 0.05) is 44.3 Å². The number of hydrogen-bond acceptors (Lipinski definition) is 5. The molecule has 0 saturated carbocycles. The Hall–Kier alpha value is -7.63. The van der Waals surface area contributed by atoms with E-state index in [1.165, 1.54) is 0 Å². The minimum absolute atomic E-state index is 0.602. The number of furan rings is 2. The smallest absolute Gasteiger partial charge is 0.227 e. The molecule has 0 aliphatic carbocycles. The summed E-state index contributed by atoms with van der Waals surface area (Å²) in [5.74, 6) is 1.45. The molecule has 0 bridgehead atoms. The van der Waals surface area contributed by atoms with Gasteiger partial charge in [-0.15, -0.1) is 0 Å². The largest absolute Gasteiger partial charge is 0.456 e. The molecular weight excluding hydrogens is 689 g/mol. The zero-order valence-electron chi connectivity index (χ0n) is 30.1. The van der Waals surface area contributed by atoms with Crippen molar-refractivity contribution in [1.29, 1.82) is 0 Å². The molecule has 0 saturated heterocycles. The van der Waals surface area contributed by atoms with Crippen LogP contribution in [0.1, 0.15) is 0 Å². The molecule has 0 aliphatic rings. The molecule has 8 aromatic carbocycles. The second-order valence-electron chi connectivity index (χ2n) is 14.0. The second kappa shape index (κ2) is 13.0. The van der Waals surface area contributed by atoms with Gasteiger partial charge in [0.1, 0.15) is 28.0 Å². The van der Waals surface area contributed by atoms with Crippen molar-refractivity contribution < 1.29 is 13.3 Å². The topological polar surface area (TPSA) is 55.6 Å². The summed E-state index contributed by atoms with van der Waals surface area (Å²) in [7, 11) is 0. The van der Waals surface area contributed by atoms with E-state index in [4.69, 9.17) is 18.2 Å². The second-order valence-corrected chi connectivity index (χ2v) is 14.0. The van der Waals surface area contributed by atoms with Crippen LogP contribution in [0.4, 0.5) is 17.1 Å². The van der Waals surface area contributed by atoms with Gasteiger partial charge < -0.3 is 18.2 Å². The van der Waals surface area contributed by atoms with Gasteiger partial charge in [0.15, 0.2) is 5.58 Å². The zero-order valence-corrected chi connectivity index (χ0v) is 30.1. The number of oxazole rings is 1. The number of nitrogens with zero attached hydrogens (tertiary/aromatic N) is 2. The van der Waals surface area contributed by atoms with Crippen LogP contribution in [0.25, 0.3) is 89.0 Å². The molecule has 0 unspecified atom stereocenters. The van der Waals surface area contributed by atoms with Gasteiger partial charge in [-0.05, 0) is 125 Å². The molecule has 0 N–H and O–H groups in total. The van der Waals surface area contributed by atoms with Crippen LogP contribution < -0.4 is 4.90 Å². The van der Waals surface area contributed by atoms with Crippen LogP contribution in [-0.4, -0.2) is 4.98 Å². The van der Waals surface area contributed by atoms with E-state index in [0.717, 1.165) is 100 Å². The molecule has 264 valence electrons. The molecule has 5 heteroatoms. The fourth-order valence-corrected chi connectivity index (χ4v) is 7.66. The Morgan fingerprint density at radius 1 is 0.339 bits per heavy atom. The molecule has 0 aliphatic heterocycles. The Balaban J connectivity index is 0.911. The third-order valence-corrected chi connectivity index (χ3v) is 10.6. The zero-order chi connectivity index (χ0) is 37.0. The molecule has 11 aromatic rings. The van der Waals surface area contributed by atoms with Crippen LogP contribution in [0, 0.1) is 0 Å². The molecular formula is C51H32N2O3. The van der Waals surface area contributed by atoms with Crippen LogP contribution in [0.2, 0.25) is 0 Å². The molecule has 3 aromatic heterocycles. The van der Waals surface area contributed by atoms with Crippen molar-refractivity contribution >= 4 is 61.1 Å². The van der Waals surface area contributed by atoms with Gasteiger partial charge in [-0.3, -0.25) is 0 Å². The number of hydrogen-bond donors (Lipinski definition) is 0. The van der Waals surface area contributed by atoms with E-state index in [2.05, 4.69) is 144 Å². The number of aromatic nitrogens is 1. The maximum atomic E-state index is 6.18. The van der Waals surface area contributed by atoms with Crippen molar-refractivity contribution in [3.8, 4) is 45.0 Å². The summed E-state index contributed by atoms with van der Waals surface area (Å²) in [5.41, 5.74) is 13.9. The first-order chi connectivity index (χ1) is 27.7. The van der Waals surface area contributed by atoms with Crippen LogP contribution in [0.3, 0.4) is 0 Å². The molecule has 11 rings (SSSR count). The summed E-state index contributed by atoms with van der Waals surface area (Å²) in [6.45, 7) is 0. The molecule has 0 radical (unpaired) electrons. The summed E-state index contributed by atoms with van der Waals surface area (Å²) < 4.78 is 18.4. The molecule has 0 spiro atoms. The van der Waals surface area contributed by atoms with E-state index in [-0.39, 0.29) is 0 Å². The van der Waals surface area contributed by atoms with Gasteiger partial charge in [0.25, 0.3) is 0 Å². The average molecular weight is 721 g/mol. The Bertz CT molecular complexity index is 2990. The predicted octanol–water partition coefficient (Wildman–Crippen LogP) is 14.6. The van der Waals surface area contributed by atoms with Crippen molar-refractivity contribution in [3.05, 3.63) is 194 Å². The van der Waals surface area contributed by atoms with Crippen molar-refractivity contribution in [2.75, 3.05) is 4.90 Å². The first-order valence-corrected chi connectivity index (χ1v) is 18.7. The lowest BCUT2D eigenvalue weighted by Gasteiger charge is -2.26. The third kappa shape index (κ3) is 5.62. The molecule has 3 heterocycles. The highest BCUT2D eigenvalue weighted by molar-refractivity contribution is 6.06. The molecule has 56 heavy (non-hydrogen) atoms. The Morgan fingerprint density at radius 3 is 1.54 bits per heavy atom. The predicted molar refractivity (Wildman–Crippen MR) is 227 cm³/mol. The first-order valence-electron chi connectivity index (χ1n) is 18.7. The Kier molecular flexibility index (Phi) is 7.42. The highest BCUT2D eigenvalue weighted by Gasteiger charge is 2.16. The average Bonchev–Trinajstić information content (AvgIpc) is 4.00. The Morgan fingerprint density at radius 2 is 0.857 bits per heavy atom. The fraction of sp³-hybridized carbons (Fsp3) is 0. The highest BCUT2D eigenvalue weighted by atomic mass is 16.3. The quantitative estimate of drug-likeness (QED) is 0.164. The summed E-state index contributed by atoms with van der Waals surface area (Å²) in [5, 5.41) is 3.37. The van der Waals surface area contributed by atoms with Crippen LogP contribution in [0.5, 0.6) is 0 Å². The summed E-state index contributed by atoms with van der Waals surface area (Å²) >= 11 is 0. The van der Waals surface area contributed by atoms with Gasteiger partial charge in [0.05, 0.1) is 0 Å². The number of benzene rings is 8. The minimum atomic E-state index is 0.602. The standard InChI is InChI=1S/C51H32N2O3/c1-4-10-46-39(7-1)32-49(54-46)36-19-26-41(27-20-36)53(42-28-21-37(22-29-42)51-52-45-9-3-6-12-48(45)56-51)40-24-17-34(18-25-40)33-13-15-35(16-14-33)38-23-30-44-43-8-2-5-11-47(43)55-50(44)31-38/h1-32H. The minimum Gasteiger partial charge on any atom is -0.456 e. The van der Waals surface area contributed by atoms with Gasteiger partial charge in [-0.25, -0.2) is 4.98 Å². The van der Waals surface area contributed by atoms with Crippen molar-refractivity contribution in [1.82, 2.24) is 4.98 Å². The fourth-order valence-electron chi connectivity index (χ4n) is 7.66. The molecule has 5 nitrogen and oxygen atoms in total. The maximum Gasteiger partial charge on any atom is 0.227 e. The monoisotopic (exact) mass is 720 g/mol. The normalized spacial score (nSPS) is 11.6. The van der Waals surface area contributed by atoms with Crippen molar-refractivity contribution in [3.63, 3.8) is 0 Å². The highest BCUT2D eigenvalue weighted by Crippen LogP contribution is 2.39. The molecule has 0 atom stereocenters. The van der Waals surface area contributed by atoms with Crippen LogP contribution in [0.15, 0.2) is 207 Å². The van der Waals surface area contributed by atoms with Gasteiger partial charge in [-0.1, -0.05) is 91.0 Å². The number of fused-ring (bicyclic) bond motifs is 5. The lowest BCUT2D eigenvalue weighted by Crippen LogP contribution is -2.09. The summed E-state index contributed by atoms with van der Waals surface area (Å²) in [4.78, 5) is 6.98. The third-order valence-electron chi connectivity index (χ3n) is 10.6. The Labute approximate surface area is 322 Å². The van der Waals surface area contributed by atoms with E-state index >= 15 is 0 Å². The summed E-state index contributed by atoms with van der Waals surface area (Å²) in [6, 6.07) is 67.1. The molecule has 0 amide bonds. The van der Waals surface area contributed by atoms with E-state index in [9.17, 15) is 0 Å².